The molecule has 0 N–H and O–H groups in total. The Balaban J connectivity index is 2.00. The number of ketones is 1. The van der Waals surface area contributed by atoms with Crippen molar-refractivity contribution in [3.63, 3.8) is 0 Å². The zero-order valence-corrected chi connectivity index (χ0v) is 8.66. The summed E-state index contributed by atoms with van der Waals surface area (Å²) in [5.74, 6) is 0.574. The second-order valence-electron chi connectivity index (χ2n) is 4.05. The van der Waals surface area contributed by atoms with Crippen LogP contribution in [0.1, 0.15) is 12.5 Å². The van der Waals surface area contributed by atoms with Crippen molar-refractivity contribution in [2.75, 3.05) is 18.0 Å². The van der Waals surface area contributed by atoms with Gasteiger partial charge in [-0.1, -0.05) is 17.7 Å². The number of Topliss-reactive ketones (excluding diaryl/α,β-unsaturated/α-hetero) is 1. The second kappa shape index (κ2) is 3.45. The van der Waals surface area contributed by atoms with Crippen LogP contribution in [0.2, 0.25) is 0 Å². The van der Waals surface area contributed by atoms with Gasteiger partial charge in [0.05, 0.1) is 5.92 Å². The quantitative estimate of drug-likeness (QED) is 0.709. The van der Waals surface area contributed by atoms with Crippen LogP contribution in [-0.4, -0.2) is 18.9 Å². The first-order valence-electron chi connectivity index (χ1n) is 4.99. The second-order valence-corrected chi connectivity index (χ2v) is 4.05. The molecule has 0 saturated carbocycles. The van der Waals surface area contributed by atoms with Gasteiger partial charge in [0.25, 0.3) is 0 Å². The normalized spacial score (nSPS) is 16.6. The van der Waals surface area contributed by atoms with Crippen LogP contribution in [0.3, 0.4) is 0 Å². The molecule has 1 aliphatic rings. The summed E-state index contributed by atoms with van der Waals surface area (Å²) in [6, 6.07) is 8.45. The van der Waals surface area contributed by atoms with Crippen molar-refractivity contribution in [3.05, 3.63) is 29.8 Å². The van der Waals surface area contributed by atoms with E-state index >= 15 is 0 Å². The van der Waals surface area contributed by atoms with Gasteiger partial charge in [0.1, 0.15) is 5.78 Å². The molecule has 1 heterocycles. The molecule has 0 spiro atoms. The van der Waals surface area contributed by atoms with Gasteiger partial charge in [0.15, 0.2) is 0 Å². The SMILES string of the molecule is CC(=O)C1CN(c2ccc(C)cc2)C1. The largest absolute Gasteiger partial charge is 0.370 e. The number of carbonyl (C=O) groups excluding carboxylic acids is 1. The van der Waals surface area contributed by atoms with Gasteiger partial charge in [-0.2, -0.15) is 0 Å². The van der Waals surface area contributed by atoms with E-state index < -0.39 is 0 Å². The van der Waals surface area contributed by atoms with Crippen LogP contribution < -0.4 is 4.90 Å². The Bertz CT molecular complexity index is 336. The predicted octanol–water partition coefficient (Wildman–Crippen LogP) is 2.02. The Morgan fingerprint density at radius 3 is 2.36 bits per heavy atom. The molecule has 0 unspecified atom stereocenters. The Morgan fingerprint density at radius 2 is 1.86 bits per heavy atom. The van der Waals surface area contributed by atoms with E-state index in [1.807, 2.05) is 0 Å². The van der Waals surface area contributed by atoms with Crippen LogP contribution in [-0.2, 0) is 4.79 Å². The number of rotatable bonds is 2. The van der Waals surface area contributed by atoms with Crippen LogP contribution in [0.5, 0.6) is 0 Å². The minimum absolute atomic E-state index is 0.260. The average molecular weight is 189 g/mol. The molecule has 0 atom stereocenters. The molecule has 0 radical (unpaired) electrons. The van der Waals surface area contributed by atoms with E-state index in [1.54, 1.807) is 6.92 Å². The molecule has 0 amide bonds. The van der Waals surface area contributed by atoms with E-state index in [0.29, 0.717) is 5.78 Å². The van der Waals surface area contributed by atoms with E-state index in [4.69, 9.17) is 0 Å². The summed E-state index contributed by atoms with van der Waals surface area (Å²) < 4.78 is 0. The molecule has 2 rings (SSSR count). The van der Waals surface area contributed by atoms with E-state index in [-0.39, 0.29) is 5.92 Å². The first-order chi connectivity index (χ1) is 6.66. The summed E-state index contributed by atoms with van der Waals surface area (Å²) >= 11 is 0. The molecule has 1 fully saturated rings. The molecule has 1 aliphatic heterocycles. The molecule has 0 aliphatic carbocycles. The molecular weight excluding hydrogens is 174 g/mol. The number of hydrogen-bond donors (Lipinski definition) is 0. The van der Waals surface area contributed by atoms with E-state index in [1.165, 1.54) is 11.3 Å². The van der Waals surface area contributed by atoms with Crippen molar-refractivity contribution in [1.82, 2.24) is 0 Å². The maximum atomic E-state index is 11.0. The van der Waals surface area contributed by atoms with Crippen molar-refractivity contribution >= 4 is 11.5 Å². The first-order valence-corrected chi connectivity index (χ1v) is 4.99. The number of carbonyl (C=O) groups is 1. The lowest BCUT2D eigenvalue weighted by Gasteiger charge is -2.39. The molecule has 14 heavy (non-hydrogen) atoms. The van der Waals surface area contributed by atoms with Crippen molar-refractivity contribution in [2.45, 2.75) is 13.8 Å². The molecule has 2 heteroatoms. The minimum atomic E-state index is 0.260. The highest BCUT2D eigenvalue weighted by Crippen LogP contribution is 2.24. The zero-order valence-electron chi connectivity index (χ0n) is 8.66. The molecule has 1 aromatic carbocycles. The standard InChI is InChI=1S/C12H15NO/c1-9-3-5-12(6-4-9)13-7-11(8-13)10(2)14/h3-6,11H,7-8H2,1-2H3. The summed E-state index contributed by atoms with van der Waals surface area (Å²) in [5, 5.41) is 0. The number of nitrogens with zero attached hydrogens (tertiary/aromatic N) is 1. The number of benzene rings is 1. The topological polar surface area (TPSA) is 20.3 Å². The third kappa shape index (κ3) is 1.65. The maximum absolute atomic E-state index is 11.0. The fourth-order valence-corrected chi connectivity index (χ4v) is 1.70. The van der Waals surface area contributed by atoms with Gasteiger partial charge in [0, 0.05) is 18.8 Å². The minimum Gasteiger partial charge on any atom is -0.370 e. The number of anilines is 1. The van der Waals surface area contributed by atoms with Gasteiger partial charge in [-0.05, 0) is 26.0 Å². The summed E-state index contributed by atoms with van der Waals surface area (Å²) in [6.45, 7) is 5.53. The maximum Gasteiger partial charge on any atom is 0.136 e. The molecule has 2 nitrogen and oxygen atoms in total. The van der Waals surface area contributed by atoms with Gasteiger partial charge in [0.2, 0.25) is 0 Å². The Labute approximate surface area is 84.5 Å². The fraction of sp³-hybridized carbons (Fsp3) is 0.417. The highest BCUT2D eigenvalue weighted by Gasteiger charge is 2.29. The van der Waals surface area contributed by atoms with Crippen LogP contribution in [0, 0.1) is 12.8 Å². The lowest BCUT2D eigenvalue weighted by atomic mass is 9.95. The van der Waals surface area contributed by atoms with Crippen molar-refractivity contribution in [1.29, 1.82) is 0 Å². The molecule has 0 bridgehead atoms. The smallest absolute Gasteiger partial charge is 0.136 e. The third-order valence-corrected chi connectivity index (χ3v) is 2.86. The van der Waals surface area contributed by atoms with Crippen LogP contribution in [0.4, 0.5) is 5.69 Å². The summed E-state index contributed by atoms with van der Waals surface area (Å²) in [6.07, 6.45) is 0. The van der Waals surface area contributed by atoms with Gasteiger partial charge in [-0.25, -0.2) is 0 Å². The van der Waals surface area contributed by atoms with Crippen molar-refractivity contribution in [3.8, 4) is 0 Å². The lowest BCUT2D eigenvalue weighted by Crippen LogP contribution is -2.49. The predicted molar refractivity (Wildman–Crippen MR) is 57.6 cm³/mol. The molecule has 74 valence electrons. The molecular formula is C12H15NO. The van der Waals surface area contributed by atoms with E-state index in [0.717, 1.165) is 13.1 Å². The number of hydrogen-bond acceptors (Lipinski definition) is 2. The molecule has 0 aromatic heterocycles. The first kappa shape index (κ1) is 9.25. The van der Waals surface area contributed by atoms with Crippen molar-refractivity contribution < 1.29 is 4.79 Å². The van der Waals surface area contributed by atoms with Gasteiger partial charge in [-0.15, -0.1) is 0 Å². The highest BCUT2D eigenvalue weighted by atomic mass is 16.1. The van der Waals surface area contributed by atoms with Crippen LogP contribution >= 0.6 is 0 Å². The fourth-order valence-electron chi connectivity index (χ4n) is 1.70. The monoisotopic (exact) mass is 189 g/mol. The number of aryl methyl sites for hydroxylation is 1. The third-order valence-electron chi connectivity index (χ3n) is 2.86. The molecule has 1 aromatic rings. The summed E-state index contributed by atoms with van der Waals surface area (Å²) in [7, 11) is 0. The van der Waals surface area contributed by atoms with E-state index in [9.17, 15) is 4.79 Å². The highest BCUT2D eigenvalue weighted by molar-refractivity contribution is 5.81. The lowest BCUT2D eigenvalue weighted by molar-refractivity contribution is -0.121. The Kier molecular flexibility index (Phi) is 2.28. The van der Waals surface area contributed by atoms with E-state index in [2.05, 4.69) is 36.1 Å². The van der Waals surface area contributed by atoms with Crippen molar-refractivity contribution in [2.24, 2.45) is 5.92 Å². The molecule has 1 saturated heterocycles. The van der Waals surface area contributed by atoms with Gasteiger partial charge >= 0.3 is 0 Å². The Hall–Kier alpha value is -1.31. The Morgan fingerprint density at radius 1 is 1.29 bits per heavy atom. The summed E-state index contributed by atoms with van der Waals surface area (Å²) in [4.78, 5) is 13.3. The zero-order chi connectivity index (χ0) is 10.1. The summed E-state index contributed by atoms with van der Waals surface area (Å²) in [5.41, 5.74) is 2.51. The van der Waals surface area contributed by atoms with Gasteiger partial charge < -0.3 is 4.90 Å². The van der Waals surface area contributed by atoms with Crippen LogP contribution in [0.25, 0.3) is 0 Å². The van der Waals surface area contributed by atoms with Gasteiger partial charge in [-0.3, -0.25) is 4.79 Å². The average Bonchev–Trinajstić information content (AvgIpc) is 2.05. The van der Waals surface area contributed by atoms with Crippen LogP contribution in [0.15, 0.2) is 24.3 Å².